The molecule has 0 saturated carbocycles. The van der Waals surface area contributed by atoms with E-state index in [9.17, 15) is 0 Å². The van der Waals surface area contributed by atoms with E-state index in [-0.39, 0.29) is 0 Å². The molecule has 0 saturated heterocycles. The highest BCUT2D eigenvalue weighted by molar-refractivity contribution is 5.12. The second-order valence-corrected chi connectivity index (χ2v) is 2.61. The molecule has 11 heavy (non-hydrogen) atoms. The summed E-state index contributed by atoms with van der Waals surface area (Å²) in [4.78, 5) is 0. The fourth-order valence-corrected chi connectivity index (χ4v) is 0.710. The van der Waals surface area contributed by atoms with E-state index < -0.39 is 0 Å². The van der Waals surface area contributed by atoms with Crippen molar-refractivity contribution in [3.8, 4) is 6.07 Å². The van der Waals surface area contributed by atoms with Crippen LogP contribution >= 0.6 is 0 Å². The first-order valence-corrected chi connectivity index (χ1v) is 3.64. The van der Waals surface area contributed by atoms with Gasteiger partial charge in [-0.15, -0.1) is 0 Å². The van der Waals surface area contributed by atoms with Gasteiger partial charge in [-0.25, -0.2) is 0 Å². The van der Waals surface area contributed by atoms with Crippen LogP contribution in [0.1, 0.15) is 26.7 Å². The number of nitriles is 1. The maximum Gasteiger partial charge on any atom is 0.0911 e. The zero-order valence-electron chi connectivity index (χ0n) is 7.09. The molecule has 0 heterocycles. The molecule has 0 aliphatic rings. The smallest absolute Gasteiger partial charge is 0.0911 e. The fourth-order valence-electron chi connectivity index (χ4n) is 0.710. The van der Waals surface area contributed by atoms with Gasteiger partial charge in [-0.1, -0.05) is 17.2 Å². The molecule has 0 N–H and O–H groups in total. The second kappa shape index (κ2) is 5.73. The van der Waals surface area contributed by atoms with Gasteiger partial charge in [-0.2, -0.15) is 5.26 Å². The quantitative estimate of drug-likeness (QED) is 0.563. The summed E-state index contributed by atoms with van der Waals surface area (Å²) in [5.74, 6) is 0. The topological polar surface area (TPSA) is 23.8 Å². The van der Waals surface area contributed by atoms with Crippen LogP contribution in [-0.2, 0) is 0 Å². The Labute approximate surface area is 69.0 Å². The molecule has 0 aromatic carbocycles. The molecule has 0 unspecified atom stereocenters. The highest BCUT2D eigenvalue weighted by Gasteiger charge is 1.86. The van der Waals surface area contributed by atoms with Gasteiger partial charge in [0, 0.05) is 6.08 Å². The van der Waals surface area contributed by atoms with Crippen molar-refractivity contribution in [2.24, 2.45) is 0 Å². The van der Waals surface area contributed by atoms with Gasteiger partial charge < -0.3 is 0 Å². The van der Waals surface area contributed by atoms with Gasteiger partial charge >= 0.3 is 0 Å². The van der Waals surface area contributed by atoms with Crippen LogP contribution in [0.15, 0.2) is 23.3 Å². The molecular weight excluding hydrogens is 134 g/mol. The summed E-state index contributed by atoms with van der Waals surface area (Å²) < 4.78 is 0. The maximum atomic E-state index is 8.28. The molecule has 2 radical (unpaired) electrons. The third-order valence-electron chi connectivity index (χ3n) is 1.32. The van der Waals surface area contributed by atoms with Crippen molar-refractivity contribution in [2.45, 2.75) is 26.7 Å². The van der Waals surface area contributed by atoms with Crippen LogP contribution in [0.3, 0.4) is 0 Å². The molecule has 0 aromatic heterocycles. The molecule has 0 aliphatic heterocycles. The molecule has 0 rings (SSSR count). The van der Waals surface area contributed by atoms with E-state index in [1.807, 2.05) is 26.0 Å². The maximum absolute atomic E-state index is 8.28. The van der Waals surface area contributed by atoms with Crippen molar-refractivity contribution < 1.29 is 0 Å². The Kier molecular flexibility index (Phi) is 5.20. The molecule has 0 spiro atoms. The van der Waals surface area contributed by atoms with E-state index in [0.29, 0.717) is 0 Å². The summed E-state index contributed by atoms with van der Waals surface area (Å²) in [6.07, 6.45) is 5.38. The van der Waals surface area contributed by atoms with Crippen LogP contribution in [0.5, 0.6) is 0 Å². The lowest BCUT2D eigenvalue weighted by Crippen LogP contribution is -1.75. The first-order chi connectivity index (χ1) is 5.16. The van der Waals surface area contributed by atoms with Crippen LogP contribution in [0.25, 0.3) is 0 Å². The molecule has 0 bridgehead atoms. The minimum Gasteiger partial charge on any atom is -0.193 e. The minimum absolute atomic E-state index is 0.842. The van der Waals surface area contributed by atoms with Crippen LogP contribution in [0.2, 0.25) is 0 Å². The average Bonchev–Trinajstić information content (AvgIpc) is 1.87. The summed E-state index contributed by atoms with van der Waals surface area (Å²) >= 11 is 0. The molecule has 1 nitrogen and oxygen atoms in total. The van der Waals surface area contributed by atoms with Gasteiger partial charge in [0.15, 0.2) is 0 Å². The van der Waals surface area contributed by atoms with Gasteiger partial charge in [0.25, 0.3) is 0 Å². The van der Waals surface area contributed by atoms with Crippen LogP contribution in [-0.4, -0.2) is 0 Å². The summed E-state index contributed by atoms with van der Waals surface area (Å²) in [6.45, 7) is 9.24. The molecule has 0 atom stereocenters. The van der Waals surface area contributed by atoms with Crippen molar-refractivity contribution in [1.29, 1.82) is 5.26 Å². The predicted octanol–water partition coefficient (Wildman–Crippen LogP) is 2.89. The highest BCUT2D eigenvalue weighted by atomic mass is 14.2. The summed E-state index contributed by atoms with van der Waals surface area (Å²) in [6, 6.07) is 1.99. The third kappa shape index (κ3) is 6.86. The Morgan fingerprint density at radius 1 is 1.55 bits per heavy atom. The number of allylic oxidation sites excluding steroid dienone is 4. The van der Waals surface area contributed by atoms with Crippen molar-refractivity contribution in [3.05, 3.63) is 30.2 Å². The lowest BCUT2D eigenvalue weighted by molar-refractivity contribution is 0.972. The Bertz CT molecular complexity index is 199. The number of hydrogen-bond donors (Lipinski definition) is 0. The van der Waals surface area contributed by atoms with Crippen molar-refractivity contribution in [2.75, 3.05) is 0 Å². The van der Waals surface area contributed by atoms with Gasteiger partial charge in [0.2, 0.25) is 0 Å². The molecule has 0 aromatic rings. The highest BCUT2D eigenvalue weighted by Crippen LogP contribution is 2.05. The monoisotopic (exact) mass is 147 g/mol. The molecular formula is C10H13N. The van der Waals surface area contributed by atoms with Crippen LogP contribution in [0, 0.1) is 18.3 Å². The number of rotatable bonds is 3. The number of nitrogens with zero attached hydrogens (tertiary/aromatic N) is 1. The standard InChI is InChI=1S/C10H13N/c1-9(2)5-4-6-10(3)7-8-11/h1,5,7H,4,6H2,2-3H3/b9-5-,10-7+. The average molecular weight is 147 g/mol. The Balaban J connectivity index is 3.65. The molecule has 58 valence electrons. The first-order valence-electron chi connectivity index (χ1n) is 3.64. The second-order valence-electron chi connectivity index (χ2n) is 2.61. The van der Waals surface area contributed by atoms with E-state index in [2.05, 4.69) is 0 Å². The van der Waals surface area contributed by atoms with Gasteiger partial charge in [-0.05, 0) is 33.6 Å². The molecule has 0 fully saturated rings. The SMILES string of the molecule is [CH]/C(C)=C/CC/C(C)=C/C#N. The lowest BCUT2D eigenvalue weighted by atomic mass is 10.1. The lowest BCUT2D eigenvalue weighted by Gasteiger charge is -1.94. The van der Waals surface area contributed by atoms with Crippen LogP contribution < -0.4 is 0 Å². The Hall–Kier alpha value is -1.03. The van der Waals surface area contributed by atoms with Crippen molar-refractivity contribution in [3.63, 3.8) is 0 Å². The van der Waals surface area contributed by atoms with E-state index in [4.69, 9.17) is 12.2 Å². The third-order valence-corrected chi connectivity index (χ3v) is 1.32. The largest absolute Gasteiger partial charge is 0.193 e. The normalized spacial score (nSPS) is 12.9. The molecule has 0 amide bonds. The summed E-state index contributed by atoms with van der Waals surface area (Å²) in [5, 5.41) is 8.28. The van der Waals surface area contributed by atoms with E-state index >= 15 is 0 Å². The fraction of sp³-hybridized carbons (Fsp3) is 0.400. The van der Waals surface area contributed by atoms with E-state index in [1.54, 1.807) is 6.08 Å². The predicted molar refractivity (Wildman–Crippen MR) is 46.7 cm³/mol. The number of hydrogen-bond acceptors (Lipinski definition) is 1. The zero-order chi connectivity index (χ0) is 8.69. The summed E-state index contributed by atoms with van der Waals surface area (Å²) in [5.41, 5.74) is 1.94. The van der Waals surface area contributed by atoms with E-state index in [1.165, 1.54) is 0 Å². The zero-order valence-corrected chi connectivity index (χ0v) is 7.09. The minimum atomic E-state index is 0.842. The molecule has 0 aliphatic carbocycles. The Morgan fingerprint density at radius 2 is 2.18 bits per heavy atom. The van der Waals surface area contributed by atoms with Crippen molar-refractivity contribution >= 4 is 0 Å². The Morgan fingerprint density at radius 3 is 2.64 bits per heavy atom. The van der Waals surface area contributed by atoms with Crippen molar-refractivity contribution in [1.82, 2.24) is 0 Å². The van der Waals surface area contributed by atoms with Gasteiger partial charge in [0.1, 0.15) is 0 Å². The molecule has 1 heteroatoms. The summed E-state index contributed by atoms with van der Waals surface area (Å²) in [7, 11) is 0. The van der Waals surface area contributed by atoms with Crippen LogP contribution in [0.4, 0.5) is 0 Å². The first kappa shape index (κ1) is 9.97. The van der Waals surface area contributed by atoms with Gasteiger partial charge in [0.05, 0.1) is 6.07 Å². The van der Waals surface area contributed by atoms with E-state index in [0.717, 1.165) is 24.0 Å². The van der Waals surface area contributed by atoms with Gasteiger partial charge in [-0.3, -0.25) is 0 Å².